The molecule has 1 amide bonds. The number of alkyl halides is 3. The molecular formula is C25H23F3N4O3. The van der Waals surface area contributed by atoms with Crippen LogP contribution >= 0.6 is 0 Å². The number of hydrogen-bond acceptors (Lipinski definition) is 5. The largest absolute Gasteiger partial charge is 0.496 e. The molecule has 0 unspecified atom stereocenters. The number of ether oxygens (including phenoxy) is 1. The van der Waals surface area contributed by atoms with Gasteiger partial charge in [-0.2, -0.15) is 18.3 Å². The number of halogens is 3. The SMILES string of the molecule is Cc1ccc(Cn2cc3c(n2)-c2c(oc(C(=O)NC=C4CCCO4)c2C(F)(F)F)CC32CC2)cn1. The van der Waals surface area contributed by atoms with Gasteiger partial charge in [0.1, 0.15) is 22.8 Å². The summed E-state index contributed by atoms with van der Waals surface area (Å²) >= 11 is 0. The summed E-state index contributed by atoms with van der Waals surface area (Å²) in [4.78, 5) is 17.1. The fourth-order valence-corrected chi connectivity index (χ4v) is 4.98. The molecule has 10 heteroatoms. The summed E-state index contributed by atoms with van der Waals surface area (Å²) in [6.07, 6.45) is 3.50. The van der Waals surface area contributed by atoms with E-state index in [1.165, 1.54) is 6.20 Å². The first-order chi connectivity index (χ1) is 16.7. The van der Waals surface area contributed by atoms with Crippen molar-refractivity contribution in [1.29, 1.82) is 0 Å². The van der Waals surface area contributed by atoms with E-state index in [1.54, 1.807) is 10.9 Å². The van der Waals surface area contributed by atoms with E-state index in [9.17, 15) is 18.0 Å². The molecule has 1 aliphatic heterocycles. The Hall–Kier alpha value is -3.56. The highest BCUT2D eigenvalue weighted by Crippen LogP contribution is 2.59. The van der Waals surface area contributed by atoms with Gasteiger partial charge in [-0.1, -0.05) is 6.07 Å². The standard InChI is InChI=1S/C25H23F3N4O3/c1-14-4-5-15(10-29-14)12-32-13-17-21(31-32)19-18(9-24(17)6-7-24)35-22(20(19)25(26,27)28)23(33)30-11-16-3-2-8-34-16/h4-5,10-11,13H,2-3,6-9,12H2,1H3,(H,30,33). The number of hydrogen-bond donors (Lipinski definition) is 1. The van der Waals surface area contributed by atoms with Crippen molar-refractivity contribution in [3.05, 3.63) is 70.4 Å². The van der Waals surface area contributed by atoms with Crippen molar-refractivity contribution in [3.8, 4) is 11.3 Å². The minimum absolute atomic E-state index is 0.124. The number of carbonyl (C=O) groups excluding carboxylic acids is 1. The molecule has 0 aromatic carbocycles. The zero-order chi connectivity index (χ0) is 24.4. The van der Waals surface area contributed by atoms with Gasteiger partial charge >= 0.3 is 6.18 Å². The van der Waals surface area contributed by atoms with E-state index in [1.807, 2.05) is 25.3 Å². The Labute approximate surface area is 199 Å². The van der Waals surface area contributed by atoms with Crippen LogP contribution in [0.1, 0.15) is 64.4 Å². The van der Waals surface area contributed by atoms with E-state index < -0.39 is 23.4 Å². The topological polar surface area (TPSA) is 82.2 Å². The summed E-state index contributed by atoms with van der Waals surface area (Å²) in [6.45, 7) is 2.79. The molecule has 3 aromatic heterocycles. The molecule has 0 radical (unpaired) electrons. The summed E-state index contributed by atoms with van der Waals surface area (Å²) < 4.78 is 55.7. The maximum Gasteiger partial charge on any atom is 0.420 e. The van der Waals surface area contributed by atoms with Crippen molar-refractivity contribution in [3.63, 3.8) is 0 Å². The number of nitrogens with one attached hydrogen (secondary N) is 1. The summed E-state index contributed by atoms with van der Waals surface area (Å²) in [5, 5.41) is 6.98. The minimum atomic E-state index is -4.79. The Morgan fingerprint density at radius 1 is 1.31 bits per heavy atom. The van der Waals surface area contributed by atoms with Crippen molar-refractivity contribution in [2.75, 3.05) is 6.61 Å². The molecule has 2 aliphatic carbocycles. The third-order valence-corrected chi connectivity index (χ3v) is 6.93. The van der Waals surface area contributed by atoms with Crippen LogP contribution < -0.4 is 5.32 Å². The fourth-order valence-electron chi connectivity index (χ4n) is 4.98. The predicted octanol–water partition coefficient (Wildman–Crippen LogP) is 4.88. The van der Waals surface area contributed by atoms with Crippen LogP contribution in [0.15, 0.2) is 40.9 Å². The maximum atomic E-state index is 14.3. The third kappa shape index (κ3) is 3.81. The molecule has 1 spiro atoms. The lowest BCUT2D eigenvalue weighted by Crippen LogP contribution is -2.22. The molecule has 7 nitrogen and oxygen atoms in total. The summed E-state index contributed by atoms with van der Waals surface area (Å²) in [5.74, 6) is -0.990. The second-order valence-corrected chi connectivity index (χ2v) is 9.49. The van der Waals surface area contributed by atoms with Crippen LogP contribution in [0.25, 0.3) is 11.3 Å². The Kier molecular flexibility index (Phi) is 4.84. The highest BCUT2D eigenvalue weighted by Gasteiger charge is 2.55. The van der Waals surface area contributed by atoms with E-state index >= 15 is 0 Å². The number of fused-ring (bicyclic) bond motifs is 4. The van der Waals surface area contributed by atoms with Gasteiger partial charge in [0.15, 0.2) is 0 Å². The molecule has 1 N–H and O–H groups in total. The number of amides is 1. The van der Waals surface area contributed by atoms with Gasteiger partial charge in [-0.3, -0.25) is 14.5 Å². The van der Waals surface area contributed by atoms with E-state index in [-0.39, 0.29) is 22.4 Å². The number of aryl methyl sites for hydroxylation is 1. The zero-order valence-electron chi connectivity index (χ0n) is 19.0. The summed E-state index contributed by atoms with van der Waals surface area (Å²) in [7, 11) is 0. The molecule has 0 atom stereocenters. The smallest absolute Gasteiger partial charge is 0.420 e. The van der Waals surface area contributed by atoms with Crippen molar-refractivity contribution in [2.45, 2.75) is 57.2 Å². The average Bonchev–Trinajstić information content (AvgIpc) is 3.18. The zero-order valence-corrected chi connectivity index (χ0v) is 19.0. The summed E-state index contributed by atoms with van der Waals surface area (Å²) in [6, 6.07) is 3.80. The quantitative estimate of drug-likeness (QED) is 0.571. The maximum absolute atomic E-state index is 14.3. The van der Waals surface area contributed by atoms with Crippen LogP contribution in [0.3, 0.4) is 0 Å². The Morgan fingerprint density at radius 3 is 2.80 bits per heavy atom. The molecular weight excluding hydrogens is 461 g/mol. The van der Waals surface area contributed by atoms with Gasteiger partial charge in [0.25, 0.3) is 5.91 Å². The van der Waals surface area contributed by atoms with Crippen molar-refractivity contribution in [1.82, 2.24) is 20.1 Å². The highest BCUT2D eigenvalue weighted by atomic mass is 19.4. The van der Waals surface area contributed by atoms with Crippen molar-refractivity contribution < 1.29 is 27.1 Å². The first-order valence-corrected chi connectivity index (χ1v) is 11.6. The third-order valence-electron chi connectivity index (χ3n) is 6.93. The van der Waals surface area contributed by atoms with Crippen LogP contribution in [0.2, 0.25) is 0 Å². The lowest BCUT2D eigenvalue weighted by Gasteiger charge is -2.20. The minimum Gasteiger partial charge on any atom is -0.496 e. The molecule has 6 rings (SSSR count). The van der Waals surface area contributed by atoms with Crippen LogP contribution in [-0.4, -0.2) is 27.3 Å². The number of allylic oxidation sites excluding steroid dienone is 1. The summed E-state index contributed by atoms with van der Waals surface area (Å²) in [5.41, 5.74) is 1.31. The molecule has 35 heavy (non-hydrogen) atoms. The Balaban J connectivity index is 1.42. The first kappa shape index (κ1) is 21.9. The van der Waals surface area contributed by atoms with Crippen LogP contribution in [0.4, 0.5) is 13.2 Å². The first-order valence-electron chi connectivity index (χ1n) is 11.6. The number of nitrogens with zero attached hydrogens (tertiary/aromatic N) is 3. The Bertz CT molecular complexity index is 1340. The molecule has 2 fully saturated rings. The second kappa shape index (κ2) is 7.73. The lowest BCUT2D eigenvalue weighted by atomic mass is 9.82. The number of rotatable bonds is 4. The molecule has 1 saturated heterocycles. The van der Waals surface area contributed by atoms with Gasteiger partial charge in [0, 0.05) is 48.1 Å². The highest BCUT2D eigenvalue weighted by molar-refractivity contribution is 5.97. The molecule has 3 aromatic rings. The van der Waals surface area contributed by atoms with Gasteiger partial charge in [0.05, 0.1) is 18.7 Å². The van der Waals surface area contributed by atoms with Gasteiger partial charge in [-0.15, -0.1) is 0 Å². The number of aromatic nitrogens is 3. The van der Waals surface area contributed by atoms with Crippen LogP contribution in [0.5, 0.6) is 0 Å². The molecule has 0 bridgehead atoms. The average molecular weight is 484 g/mol. The van der Waals surface area contributed by atoms with E-state index in [0.717, 1.165) is 36.1 Å². The van der Waals surface area contributed by atoms with Gasteiger partial charge < -0.3 is 14.5 Å². The van der Waals surface area contributed by atoms with Crippen molar-refractivity contribution in [2.24, 2.45) is 0 Å². The lowest BCUT2D eigenvalue weighted by molar-refractivity contribution is -0.137. The predicted molar refractivity (Wildman–Crippen MR) is 118 cm³/mol. The molecule has 4 heterocycles. The monoisotopic (exact) mass is 484 g/mol. The van der Waals surface area contributed by atoms with E-state index in [0.29, 0.717) is 31.8 Å². The number of carbonyl (C=O) groups is 1. The number of furan rings is 1. The fraction of sp³-hybridized carbons (Fsp3) is 0.400. The molecule has 1 saturated carbocycles. The second-order valence-electron chi connectivity index (χ2n) is 9.49. The Morgan fingerprint density at radius 2 is 2.14 bits per heavy atom. The van der Waals surface area contributed by atoms with Gasteiger partial charge in [0.2, 0.25) is 5.76 Å². The number of pyridine rings is 1. The molecule has 182 valence electrons. The van der Waals surface area contributed by atoms with Gasteiger partial charge in [-0.05, 0) is 37.8 Å². The van der Waals surface area contributed by atoms with Crippen LogP contribution in [0, 0.1) is 6.92 Å². The molecule has 3 aliphatic rings. The van der Waals surface area contributed by atoms with E-state index in [4.69, 9.17) is 9.15 Å². The van der Waals surface area contributed by atoms with Crippen molar-refractivity contribution >= 4 is 5.91 Å². The van der Waals surface area contributed by atoms with E-state index in [2.05, 4.69) is 15.4 Å². The van der Waals surface area contributed by atoms with Crippen LogP contribution in [-0.2, 0) is 29.3 Å². The van der Waals surface area contributed by atoms with Gasteiger partial charge in [-0.25, -0.2) is 0 Å². The normalized spacial score (nSPS) is 18.9.